The van der Waals surface area contributed by atoms with Gasteiger partial charge in [-0.05, 0) is 56.7 Å². The van der Waals surface area contributed by atoms with Crippen molar-refractivity contribution in [2.24, 2.45) is 5.92 Å². The number of anilines is 3. The number of nitrogens with zero attached hydrogens (tertiary/aromatic N) is 6. The van der Waals surface area contributed by atoms with Crippen LogP contribution in [0.2, 0.25) is 0 Å². The summed E-state index contributed by atoms with van der Waals surface area (Å²) in [6, 6.07) is 7.78. The molecule has 0 aliphatic carbocycles. The third kappa shape index (κ3) is 6.74. The lowest BCUT2D eigenvalue weighted by atomic mass is 9.96. The number of ether oxygens (including phenoxy) is 2. The highest BCUT2D eigenvalue weighted by Crippen LogP contribution is 2.30. The van der Waals surface area contributed by atoms with Crippen LogP contribution in [0.15, 0.2) is 49.1 Å². The molecule has 10 nitrogen and oxygen atoms in total. The molecule has 2 saturated heterocycles. The Hall–Kier alpha value is -3.95. The van der Waals surface area contributed by atoms with Gasteiger partial charge in [-0.2, -0.15) is 0 Å². The van der Waals surface area contributed by atoms with Crippen molar-refractivity contribution in [3.63, 3.8) is 0 Å². The first-order chi connectivity index (χ1) is 19.1. The number of amides is 1. The van der Waals surface area contributed by atoms with Crippen LogP contribution in [-0.4, -0.2) is 64.7 Å². The highest BCUT2D eigenvalue weighted by Gasteiger charge is 2.27. The average molecular weight is 532 g/mol. The lowest BCUT2D eigenvalue weighted by Gasteiger charge is -2.34. The van der Waals surface area contributed by atoms with Crippen molar-refractivity contribution in [3.05, 3.63) is 54.6 Å². The molecule has 2 aliphatic rings. The van der Waals surface area contributed by atoms with Crippen molar-refractivity contribution in [1.82, 2.24) is 19.9 Å². The van der Waals surface area contributed by atoms with E-state index in [1.54, 1.807) is 12.4 Å². The molecule has 39 heavy (non-hydrogen) atoms. The van der Waals surface area contributed by atoms with Gasteiger partial charge in [0.1, 0.15) is 11.9 Å². The quantitative estimate of drug-likeness (QED) is 0.436. The number of rotatable bonds is 9. The van der Waals surface area contributed by atoms with Gasteiger partial charge in [0.05, 0.1) is 25.5 Å². The summed E-state index contributed by atoms with van der Waals surface area (Å²) in [5.41, 5.74) is 1.12. The number of aryl methyl sites for hydroxylation is 1. The zero-order valence-corrected chi connectivity index (χ0v) is 22.8. The monoisotopic (exact) mass is 531 g/mol. The predicted octanol–water partition coefficient (Wildman–Crippen LogP) is 4.13. The molecule has 0 radical (unpaired) electrons. The maximum absolute atomic E-state index is 13.0. The zero-order chi connectivity index (χ0) is 27.0. The van der Waals surface area contributed by atoms with Gasteiger partial charge in [0.2, 0.25) is 11.9 Å². The van der Waals surface area contributed by atoms with E-state index in [2.05, 4.69) is 37.0 Å². The van der Waals surface area contributed by atoms with Gasteiger partial charge in [-0.25, -0.2) is 15.0 Å². The summed E-state index contributed by atoms with van der Waals surface area (Å²) in [5, 5.41) is 3.00. The van der Waals surface area contributed by atoms with Gasteiger partial charge in [0, 0.05) is 37.9 Å². The van der Waals surface area contributed by atoms with E-state index in [9.17, 15) is 4.79 Å². The zero-order valence-electron chi connectivity index (χ0n) is 22.8. The smallest absolute Gasteiger partial charge is 0.228 e. The first-order valence-corrected chi connectivity index (χ1v) is 13.9. The molecule has 4 heterocycles. The molecule has 2 aromatic heterocycles. The summed E-state index contributed by atoms with van der Waals surface area (Å²) in [4.78, 5) is 35.4. The molecule has 0 unspecified atom stereocenters. The standard InChI is InChI=1S/C29H37N7O3/c1-3-21-16-31-29(32-17-21)35-14-11-22(12-15-35)28(37)34-26-18-30-19-27(33-26)36-13-7-8-23(20-36)39-25-10-6-5-9-24(25)38-4-2/h5-6,9-10,16-19,22-23H,3-4,7-8,11-15,20H2,1-2H3,(H,33,34,37)/t23-/m1/s1. The Bertz CT molecular complexity index is 1230. The van der Waals surface area contributed by atoms with Gasteiger partial charge >= 0.3 is 0 Å². The van der Waals surface area contributed by atoms with Crippen molar-refractivity contribution in [2.75, 3.05) is 47.9 Å². The lowest BCUT2D eigenvalue weighted by Crippen LogP contribution is -2.42. The number of para-hydroxylation sites is 2. The molecule has 1 amide bonds. The summed E-state index contributed by atoms with van der Waals surface area (Å²) in [7, 11) is 0. The van der Waals surface area contributed by atoms with Gasteiger partial charge in [-0.1, -0.05) is 19.1 Å². The van der Waals surface area contributed by atoms with Crippen LogP contribution in [0.5, 0.6) is 11.5 Å². The van der Waals surface area contributed by atoms with Crippen LogP contribution in [0, 0.1) is 5.92 Å². The van der Waals surface area contributed by atoms with E-state index in [-0.39, 0.29) is 17.9 Å². The largest absolute Gasteiger partial charge is 0.490 e. The molecule has 5 rings (SSSR count). The molecule has 3 aromatic rings. The number of aromatic nitrogens is 4. The fourth-order valence-electron chi connectivity index (χ4n) is 5.08. The second-order valence-corrected chi connectivity index (χ2v) is 9.97. The number of carbonyl (C=O) groups excluding carboxylic acids is 1. The minimum absolute atomic E-state index is 0.00717. The van der Waals surface area contributed by atoms with Crippen LogP contribution in [0.1, 0.15) is 45.1 Å². The third-order valence-corrected chi connectivity index (χ3v) is 7.27. The van der Waals surface area contributed by atoms with Crippen LogP contribution in [-0.2, 0) is 11.2 Å². The number of nitrogens with one attached hydrogen (secondary N) is 1. The Morgan fingerprint density at radius 1 is 0.974 bits per heavy atom. The fraction of sp³-hybridized carbons (Fsp3) is 0.483. The SMILES string of the molecule is CCOc1ccccc1O[C@@H]1CCCN(c2cncc(NC(=O)C3CCN(c4ncc(CC)cn4)CC3)n2)C1. The van der Waals surface area contributed by atoms with Gasteiger partial charge in [-0.3, -0.25) is 9.78 Å². The van der Waals surface area contributed by atoms with Crippen molar-refractivity contribution >= 4 is 23.5 Å². The third-order valence-electron chi connectivity index (χ3n) is 7.27. The number of carbonyl (C=O) groups is 1. The van der Waals surface area contributed by atoms with Crippen molar-refractivity contribution < 1.29 is 14.3 Å². The molecular weight excluding hydrogens is 494 g/mol. The molecule has 1 aromatic carbocycles. The number of piperidine rings is 2. The van der Waals surface area contributed by atoms with Gasteiger partial charge in [-0.15, -0.1) is 0 Å². The highest BCUT2D eigenvalue weighted by molar-refractivity contribution is 5.91. The maximum atomic E-state index is 13.0. The first kappa shape index (κ1) is 26.6. The summed E-state index contributed by atoms with van der Waals surface area (Å²) < 4.78 is 12.0. The Morgan fingerprint density at radius 2 is 1.74 bits per heavy atom. The van der Waals surface area contributed by atoms with Crippen LogP contribution in [0.3, 0.4) is 0 Å². The van der Waals surface area contributed by atoms with Crippen molar-refractivity contribution in [3.8, 4) is 11.5 Å². The average Bonchev–Trinajstić information content (AvgIpc) is 2.99. The minimum Gasteiger partial charge on any atom is -0.490 e. The van der Waals surface area contributed by atoms with Gasteiger partial charge in [0.15, 0.2) is 17.3 Å². The summed E-state index contributed by atoms with van der Waals surface area (Å²) in [6.07, 6.45) is 11.4. The van der Waals surface area contributed by atoms with E-state index in [4.69, 9.17) is 14.5 Å². The molecule has 1 atom stereocenters. The van der Waals surface area contributed by atoms with E-state index in [0.717, 1.165) is 80.6 Å². The Kier molecular flexibility index (Phi) is 8.70. The lowest BCUT2D eigenvalue weighted by molar-refractivity contribution is -0.120. The Balaban J connectivity index is 1.15. The molecule has 0 bridgehead atoms. The topological polar surface area (TPSA) is 106 Å². The normalized spacial score (nSPS) is 18.1. The second-order valence-electron chi connectivity index (χ2n) is 9.97. The molecule has 10 heteroatoms. The molecule has 0 saturated carbocycles. The fourth-order valence-corrected chi connectivity index (χ4v) is 5.08. The predicted molar refractivity (Wildman–Crippen MR) is 150 cm³/mol. The molecule has 0 spiro atoms. The number of hydrogen-bond donors (Lipinski definition) is 1. The molecular formula is C29H37N7O3. The number of benzene rings is 1. The summed E-state index contributed by atoms with van der Waals surface area (Å²) in [5.74, 6) is 3.36. The van der Waals surface area contributed by atoms with E-state index < -0.39 is 0 Å². The van der Waals surface area contributed by atoms with Gasteiger partial charge < -0.3 is 24.6 Å². The van der Waals surface area contributed by atoms with Gasteiger partial charge in [0.25, 0.3) is 0 Å². The second kappa shape index (κ2) is 12.7. The van der Waals surface area contributed by atoms with Crippen LogP contribution in [0.4, 0.5) is 17.6 Å². The Morgan fingerprint density at radius 3 is 2.49 bits per heavy atom. The highest BCUT2D eigenvalue weighted by atomic mass is 16.5. The van der Waals surface area contributed by atoms with E-state index in [0.29, 0.717) is 19.0 Å². The minimum atomic E-state index is -0.0835. The number of hydrogen-bond acceptors (Lipinski definition) is 9. The Labute approximate surface area is 229 Å². The van der Waals surface area contributed by atoms with Crippen LogP contribution in [0.25, 0.3) is 0 Å². The van der Waals surface area contributed by atoms with Crippen LogP contribution < -0.4 is 24.6 Å². The molecule has 2 aliphatic heterocycles. The van der Waals surface area contributed by atoms with E-state index in [1.807, 2.05) is 43.6 Å². The van der Waals surface area contributed by atoms with Crippen molar-refractivity contribution in [1.29, 1.82) is 0 Å². The summed E-state index contributed by atoms with van der Waals surface area (Å²) >= 11 is 0. The first-order valence-electron chi connectivity index (χ1n) is 13.9. The molecule has 206 valence electrons. The summed E-state index contributed by atoms with van der Waals surface area (Å²) in [6.45, 7) is 7.68. The van der Waals surface area contributed by atoms with Crippen molar-refractivity contribution in [2.45, 2.75) is 52.1 Å². The maximum Gasteiger partial charge on any atom is 0.228 e. The molecule has 2 fully saturated rings. The van der Waals surface area contributed by atoms with E-state index in [1.165, 1.54) is 0 Å². The molecule has 1 N–H and O–H groups in total. The van der Waals surface area contributed by atoms with Crippen LogP contribution >= 0.6 is 0 Å². The van der Waals surface area contributed by atoms with E-state index >= 15 is 0 Å².